The van der Waals surface area contributed by atoms with Crippen LogP contribution in [-0.4, -0.2) is 27.0 Å². The van der Waals surface area contributed by atoms with Gasteiger partial charge in [-0.1, -0.05) is 0 Å². The van der Waals surface area contributed by atoms with E-state index in [2.05, 4.69) is 20.5 Å². The number of benzene rings is 1. The topological polar surface area (TPSA) is 114 Å². The summed E-state index contributed by atoms with van der Waals surface area (Å²) in [5.41, 5.74) is 5.39. The van der Waals surface area contributed by atoms with E-state index in [0.29, 0.717) is 0 Å². The fourth-order valence-electron chi connectivity index (χ4n) is 1.45. The van der Waals surface area contributed by atoms with Crippen molar-refractivity contribution < 1.29 is 14.0 Å². The summed E-state index contributed by atoms with van der Waals surface area (Å²) in [6, 6.07) is 2.32. The number of carbonyl (C=O) groups excluding carboxylic acids is 2. The first-order chi connectivity index (χ1) is 8.99. The minimum absolute atomic E-state index is 0.0238. The Morgan fingerprint density at radius 3 is 2.74 bits per heavy atom. The molecular weight excluding hydrogens is 253 g/mol. The van der Waals surface area contributed by atoms with Gasteiger partial charge in [0.25, 0.3) is 5.91 Å². The zero-order valence-electron chi connectivity index (χ0n) is 9.90. The number of anilines is 1. The molecule has 0 atom stereocenters. The maximum Gasteiger partial charge on any atom is 0.292 e. The van der Waals surface area contributed by atoms with Crippen molar-refractivity contribution in [2.45, 2.75) is 6.92 Å². The number of rotatable bonds is 3. The average Bonchev–Trinajstić information content (AvgIpc) is 2.88. The largest absolute Gasteiger partial charge is 0.366 e. The molecule has 98 valence electrons. The Kier molecular flexibility index (Phi) is 3.23. The average molecular weight is 263 g/mol. The van der Waals surface area contributed by atoms with Crippen molar-refractivity contribution >= 4 is 17.5 Å². The molecule has 0 saturated carbocycles. The summed E-state index contributed by atoms with van der Waals surface area (Å²) in [4.78, 5) is 26.4. The van der Waals surface area contributed by atoms with E-state index in [-0.39, 0.29) is 22.6 Å². The lowest BCUT2D eigenvalue weighted by atomic mass is 10.1. The molecule has 0 unspecified atom stereocenters. The molecule has 7 nitrogen and oxygen atoms in total. The van der Waals surface area contributed by atoms with E-state index in [1.165, 1.54) is 19.3 Å². The van der Waals surface area contributed by atoms with Crippen molar-refractivity contribution in [3.63, 3.8) is 0 Å². The van der Waals surface area contributed by atoms with Crippen LogP contribution in [0.15, 0.2) is 18.5 Å². The highest BCUT2D eigenvalue weighted by Crippen LogP contribution is 2.21. The monoisotopic (exact) mass is 263 g/mol. The molecule has 1 heterocycles. The molecule has 0 aliphatic rings. The summed E-state index contributed by atoms with van der Waals surface area (Å²) in [5, 5.41) is 8.32. The molecule has 4 N–H and O–H groups in total. The molecule has 8 heteroatoms. The smallest absolute Gasteiger partial charge is 0.292 e. The highest BCUT2D eigenvalue weighted by atomic mass is 19.1. The third-order valence-corrected chi connectivity index (χ3v) is 2.51. The van der Waals surface area contributed by atoms with Gasteiger partial charge in [0.15, 0.2) is 0 Å². The third kappa shape index (κ3) is 2.57. The van der Waals surface area contributed by atoms with Gasteiger partial charge in [-0.2, -0.15) is 5.10 Å². The fourth-order valence-corrected chi connectivity index (χ4v) is 1.45. The Morgan fingerprint density at radius 1 is 1.42 bits per heavy atom. The summed E-state index contributed by atoms with van der Waals surface area (Å²) in [7, 11) is 0. The Hall–Kier alpha value is -2.77. The number of halogens is 1. The van der Waals surface area contributed by atoms with Crippen LogP contribution in [-0.2, 0) is 0 Å². The van der Waals surface area contributed by atoms with Crippen LogP contribution in [0.2, 0.25) is 0 Å². The molecule has 0 saturated heterocycles. The minimum atomic E-state index is -0.783. The van der Waals surface area contributed by atoms with E-state index in [0.717, 1.165) is 6.07 Å². The Bertz CT molecular complexity index is 639. The number of H-pyrrole nitrogens is 1. The normalized spacial score (nSPS) is 10.2. The second kappa shape index (κ2) is 4.84. The van der Waals surface area contributed by atoms with Gasteiger partial charge in [-0.25, -0.2) is 9.37 Å². The van der Waals surface area contributed by atoms with Gasteiger partial charge in [0.1, 0.15) is 12.1 Å². The predicted molar refractivity (Wildman–Crippen MR) is 64.0 cm³/mol. The van der Waals surface area contributed by atoms with Crippen LogP contribution >= 0.6 is 0 Å². The number of primary amides is 1. The van der Waals surface area contributed by atoms with E-state index < -0.39 is 17.6 Å². The number of hydrogen-bond acceptors (Lipinski definition) is 4. The molecule has 0 aliphatic heterocycles. The number of aromatic nitrogens is 3. The van der Waals surface area contributed by atoms with Crippen molar-refractivity contribution in [3.8, 4) is 0 Å². The summed E-state index contributed by atoms with van der Waals surface area (Å²) in [5.74, 6) is -2.04. The van der Waals surface area contributed by atoms with Crippen molar-refractivity contribution in [1.82, 2.24) is 15.2 Å². The zero-order chi connectivity index (χ0) is 14.0. The number of aromatic amines is 1. The summed E-state index contributed by atoms with van der Waals surface area (Å²) in [6.45, 7) is 1.47. The zero-order valence-corrected chi connectivity index (χ0v) is 9.90. The second-order valence-corrected chi connectivity index (χ2v) is 3.78. The van der Waals surface area contributed by atoms with Crippen molar-refractivity contribution in [1.29, 1.82) is 0 Å². The van der Waals surface area contributed by atoms with Crippen molar-refractivity contribution in [3.05, 3.63) is 41.2 Å². The highest BCUT2D eigenvalue weighted by Gasteiger charge is 2.14. The number of nitrogens with two attached hydrogens (primary N) is 1. The fraction of sp³-hybridized carbons (Fsp3) is 0.0909. The van der Waals surface area contributed by atoms with Crippen LogP contribution in [0.3, 0.4) is 0 Å². The third-order valence-electron chi connectivity index (χ3n) is 2.51. The molecule has 0 spiro atoms. The van der Waals surface area contributed by atoms with Crippen LogP contribution in [0.5, 0.6) is 0 Å². The molecule has 0 radical (unpaired) electrons. The minimum Gasteiger partial charge on any atom is -0.366 e. The lowest BCUT2D eigenvalue weighted by Gasteiger charge is -2.09. The van der Waals surface area contributed by atoms with E-state index in [9.17, 15) is 14.0 Å². The molecule has 2 rings (SSSR count). The standard InChI is InChI=1S/C11H10FN5O2/c1-5-7(12)2-6(9(13)18)3-8(5)16-11(19)10-14-4-15-17-10/h2-4H,1H3,(H2,13,18)(H,16,19)(H,14,15,17). The van der Waals surface area contributed by atoms with Gasteiger partial charge in [-0.05, 0) is 19.1 Å². The molecule has 1 aromatic heterocycles. The summed E-state index contributed by atoms with van der Waals surface area (Å²) in [6.07, 6.45) is 1.17. The molecule has 2 amide bonds. The molecule has 0 fully saturated rings. The quantitative estimate of drug-likeness (QED) is 0.752. The second-order valence-electron chi connectivity index (χ2n) is 3.78. The van der Waals surface area contributed by atoms with Gasteiger partial charge in [0.05, 0.1) is 0 Å². The van der Waals surface area contributed by atoms with E-state index in [4.69, 9.17) is 5.73 Å². The van der Waals surface area contributed by atoms with Gasteiger partial charge < -0.3 is 11.1 Å². The van der Waals surface area contributed by atoms with Gasteiger partial charge in [0.2, 0.25) is 11.7 Å². The maximum absolute atomic E-state index is 13.6. The first-order valence-corrected chi connectivity index (χ1v) is 5.25. The van der Waals surface area contributed by atoms with Gasteiger partial charge in [0, 0.05) is 16.8 Å². The van der Waals surface area contributed by atoms with Crippen molar-refractivity contribution in [2.24, 2.45) is 5.73 Å². The number of amides is 2. The van der Waals surface area contributed by atoms with Crippen LogP contribution in [0, 0.1) is 12.7 Å². The predicted octanol–water partition coefficient (Wildman–Crippen LogP) is 0.603. The van der Waals surface area contributed by atoms with Gasteiger partial charge in [-0.3, -0.25) is 14.7 Å². The molecule has 1 aromatic carbocycles. The first-order valence-electron chi connectivity index (χ1n) is 5.25. The Labute approximate surface area is 107 Å². The van der Waals surface area contributed by atoms with Crippen LogP contribution < -0.4 is 11.1 Å². The van der Waals surface area contributed by atoms with Crippen LogP contribution in [0.1, 0.15) is 26.5 Å². The number of carbonyl (C=O) groups is 2. The highest BCUT2D eigenvalue weighted by molar-refractivity contribution is 6.03. The van der Waals surface area contributed by atoms with E-state index >= 15 is 0 Å². The molecular formula is C11H10FN5O2. The van der Waals surface area contributed by atoms with Gasteiger partial charge >= 0.3 is 0 Å². The van der Waals surface area contributed by atoms with Gasteiger partial charge in [-0.15, -0.1) is 0 Å². The SMILES string of the molecule is Cc1c(F)cc(C(N)=O)cc1NC(=O)c1ncn[nH]1. The number of nitrogens with zero attached hydrogens (tertiary/aromatic N) is 2. The van der Waals surface area contributed by atoms with Crippen molar-refractivity contribution in [2.75, 3.05) is 5.32 Å². The summed E-state index contributed by atoms with van der Waals surface area (Å²) >= 11 is 0. The summed E-state index contributed by atoms with van der Waals surface area (Å²) < 4.78 is 13.6. The Morgan fingerprint density at radius 2 is 2.16 bits per heavy atom. The molecule has 0 bridgehead atoms. The molecule has 19 heavy (non-hydrogen) atoms. The lowest BCUT2D eigenvalue weighted by molar-refractivity contribution is 0.0994. The maximum atomic E-state index is 13.6. The lowest BCUT2D eigenvalue weighted by Crippen LogP contribution is -2.17. The van der Waals surface area contributed by atoms with Crippen LogP contribution in [0.25, 0.3) is 0 Å². The van der Waals surface area contributed by atoms with Crippen LogP contribution in [0.4, 0.5) is 10.1 Å². The Balaban J connectivity index is 2.34. The first kappa shape index (κ1) is 12.7. The number of hydrogen-bond donors (Lipinski definition) is 3. The van der Waals surface area contributed by atoms with E-state index in [1.54, 1.807) is 0 Å². The molecule has 2 aromatic rings. The number of nitrogens with one attached hydrogen (secondary N) is 2. The molecule has 0 aliphatic carbocycles. The van der Waals surface area contributed by atoms with E-state index in [1.807, 2.05) is 0 Å².